The van der Waals surface area contributed by atoms with Gasteiger partial charge in [0, 0.05) is 16.4 Å². The summed E-state index contributed by atoms with van der Waals surface area (Å²) in [6.07, 6.45) is 5.24. The van der Waals surface area contributed by atoms with Crippen LogP contribution in [-0.4, -0.2) is 10.3 Å². The molecular formula is C9H12BrNS. The molecule has 0 saturated carbocycles. The topological polar surface area (TPSA) is 12.9 Å². The molecule has 3 heteroatoms. The van der Waals surface area contributed by atoms with E-state index in [0.717, 1.165) is 16.8 Å². The third-order valence-electron chi connectivity index (χ3n) is 1.61. The van der Waals surface area contributed by atoms with Crippen molar-refractivity contribution in [3.63, 3.8) is 0 Å². The Morgan fingerprint density at radius 1 is 1.75 bits per heavy atom. The van der Waals surface area contributed by atoms with Crippen molar-refractivity contribution in [1.82, 2.24) is 4.98 Å². The van der Waals surface area contributed by atoms with E-state index in [1.807, 2.05) is 13.1 Å². The van der Waals surface area contributed by atoms with Gasteiger partial charge in [0.15, 0.2) is 0 Å². The molecule has 0 aliphatic rings. The lowest BCUT2D eigenvalue weighted by molar-refractivity contribution is 1.13. The fourth-order valence-corrected chi connectivity index (χ4v) is 2.22. The Morgan fingerprint density at radius 2 is 2.50 bits per heavy atom. The van der Waals surface area contributed by atoms with E-state index >= 15 is 0 Å². The highest BCUT2D eigenvalue weighted by Gasteiger charge is 1.96. The van der Waals surface area contributed by atoms with Crippen molar-refractivity contribution in [2.75, 3.05) is 5.33 Å². The van der Waals surface area contributed by atoms with Crippen molar-refractivity contribution >= 4 is 33.3 Å². The van der Waals surface area contributed by atoms with E-state index in [1.165, 1.54) is 10.5 Å². The molecule has 0 fully saturated rings. The van der Waals surface area contributed by atoms with Crippen molar-refractivity contribution < 1.29 is 0 Å². The maximum Gasteiger partial charge on any atom is 0.0900 e. The number of allylic oxidation sites excluding steroid dienone is 1. The van der Waals surface area contributed by atoms with E-state index in [0.29, 0.717) is 0 Å². The highest BCUT2D eigenvalue weighted by molar-refractivity contribution is 9.09. The summed E-state index contributed by atoms with van der Waals surface area (Å²) in [5.41, 5.74) is 1.42. The van der Waals surface area contributed by atoms with Gasteiger partial charge in [-0.1, -0.05) is 28.4 Å². The first kappa shape index (κ1) is 9.93. The first-order valence-electron chi connectivity index (χ1n) is 3.94. The Kier molecular flexibility index (Phi) is 3.95. The van der Waals surface area contributed by atoms with Crippen molar-refractivity contribution in [1.29, 1.82) is 0 Å². The molecule has 0 aliphatic carbocycles. The Labute approximate surface area is 85.7 Å². The molecule has 1 rings (SSSR count). The lowest BCUT2D eigenvalue weighted by atomic mass is 10.2. The second kappa shape index (κ2) is 4.77. The molecule has 1 heterocycles. The van der Waals surface area contributed by atoms with Crippen molar-refractivity contribution in [2.24, 2.45) is 0 Å². The number of thiazole rings is 1. The van der Waals surface area contributed by atoms with E-state index in [2.05, 4.69) is 33.9 Å². The molecule has 1 aromatic heterocycles. The highest BCUT2D eigenvalue weighted by atomic mass is 79.9. The number of aromatic nitrogens is 1. The van der Waals surface area contributed by atoms with Crippen molar-refractivity contribution in [2.45, 2.75) is 20.3 Å². The van der Waals surface area contributed by atoms with Crippen LogP contribution in [-0.2, 0) is 0 Å². The summed E-state index contributed by atoms with van der Waals surface area (Å²) >= 11 is 5.19. The molecule has 0 saturated heterocycles. The van der Waals surface area contributed by atoms with Crippen molar-refractivity contribution in [3.05, 3.63) is 21.7 Å². The minimum atomic E-state index is 0.959. The first-order valence-corrected chi connectivity index (χ1v) is 5.88. The van der Waals surface area contributed by atoms with Crippen LogP contribution < -0.4 is 0 Å². The number of nitrogens with zero attached hydrogens (tertiary/aromatic N) is 1. The van der Waals surface area contributed by atoms with Gasteiger partial charge in [-0.3, -0.25) is 0 Å². The Balaban J connectivity index is 2.78. The van der Waals surface area contributed by atoms with E-state index in [4.69, 9.17) is 0 Å². The largest absolute Gasteiger partial charge is 0.249 e. The lowest BCUT2D eigenvalue weighted by Crippen LogP contribution is -1.79. The van der Waals surface area contributed by atoms with Gasteiger partial charge >= 0.3 is 0 Å². The van der Waals surface area contributed by atoms with E-state index in [1.54, 1.807) is 11.3 Å². The molecule has 1 nitrogen and oxygen atoms in total. The van der Waals surface area contributed by atoms with Crippen molar-refractivity contribution in [3.8, 4) is 0 Å². The first-order chi connectivity index (χ1) is 5.76. The van der Waals surface area contributed by atoms with Gasteiger partial charge in [-0.25, -0.2) is 4.98 Å². The van der Waals surface area contributed by atoms with Crippen LogP contribution in [0.1, 0.15) is 23.2 Å². The number of aryl methyl sites for hydroxylation is 1. The molecule has 0 aliphatic heterocycles. The van der Waals surface area contributed by atoms with Gasteiger partial charge < -0.3 is 0 Å². The van der Waals surface area contributed by atoms with Crippen LogP contribution in [0.15, 0.2) is 11.8 Å². The molecule has 1 aromatic rings. The zero-order valence-corrected chi connectivity index (χ0v) is 9.70. The summed E-state index contributed by atoms with van der Waals surface area (Å²) in [5, 5.41) is 2.09. The van der Waals surface area contributed by atoms with Crippen LogP contribution >= 0.6 is 27.3 Å². The number of hydrogen-bond donors (Lipinski definition) is 0. The zero-order valence-electron chi connectivity index (χ0n) is 7.30. The van der Waals surface area contributed by atoms with Crippen LogP contribution in [0.2, 0.25) is 0 Å². The molecule has 0 unspecified atom stereocenters. The molecule has 12 heavy (non-hydrogen) atoms. The fraction of sp³-hybridized carbons (Fsp3) is 0.444. The summed E-state index contributed by atoms with van der Waals surface area (Å²) in [5.74, 6) is 0. The number of alkyl halides is 1. The molecule has 0 radical (unpaired) electrons. The van der Waals surface area contributed by atoms with Crippen LogP contribution in [0.5, 0.6) is 0 Å². The van der Waals surface area contributed by atoms with Gasteiger partial charge in [-0.05, 0) is 19.4 Å². The second-order valence-electron chi connectivity index (χ2n) is 2.57. The summed E-state index contributed by atoms with van der Waals surface area (Å²) in [4.78, 5) is 5.45. The Hall–Kier alpha value is -0.150. The smallest absolute Gasteiger partial charge is 0.0900 e. The third-order valence-corrected chi connectivity index (χ3v) is 3.19. The standard InChI is InChI=1S/C9H12BrNS/c1-3-8(5-10)4-9-6-11-7(2)12-9/h4,6H,3,5H2,1-2H3/b8-4+. The molecular weight excluding hydrogens is 234 g/mol. The number of halogens is 1. The average Bonchev–Trinajstić information content (AvgIpc) is 2.47. The van der Waals surface area contributed by atoms with Gasteiger partial charge in [0.1, 0.15) is 0 Å². The van der Waals surface area contributed by atoms with Gasteiger partial charge in [0.05, 0.1) is 5.01 Å². The minimum Gasteiger partial charge on any atom is -0.249 e. The van der Waals surface area contributed by atoms with Crippen LogP contribution in [0.3, 0.4) is 0 Å². The van der Waals surface area contributed by atoms with Gasteiger partial charge in [0.25, 0.3) is 0 Å². The molecule has 0 bridgehead atoms. The zero-order chi connectivity index (χ0) is 8.97. The summed E-state index contributed by atoms with van der Waals surface area (Å²) in [6, 6.07) is 0. The third kappa shape index (κ3) is 2.72. The van der Waals surface area contributed by atoms with Gasteiger partial charge in [-0.2, -0.15) is 0 Å². The van der Waals surface area contributed by atoms with E-state index < -0.39 is 0 Å². The molecule has 0 N–H and O–H groups in total. The van der Waals surface area contributed by atoms with Gasteiger partial charge in [-0.15, -0.1) is 11.3 Å². The quantitative estimate of drug-likeness (QED) is 0.742. The molecule has 0 spiro atoms. The Bertz CT molecular complexity index is 272. The maximum absolute atomic E-state index is 4.20. The normalized spacial score (nSPS) is 12.1. The number of rotatable bonds is 3. The monoisotopic (exact) mass is 245 g/mol. The summed E-state index contributed by atoms with van der Waals surface area (Å²) in [6.45, 7) is 4.20. The highest BCUT2D eigenvalue weighted by Crippen LogP contribution is 2.17. The minimum absolute atomic E-state index is 0.959. The van der Waals surface area contributed by atoms with Crippen LogP contribution in [0, 0.1) is 6.92 Å². The Morgan fingerprint density at radius 3 is 2.92 bits per heavy atom. The summed E-state index contributed by atoms with van der Waals surface area (Å²) < 4.78 is 0. The SMILES string of the molecule is CC/C(=C\c1cnc(C)s1)CBr. The molecule has 0 amide bonds. The van der Waals surface area contributed by atoms with Crippen LogP contribution in [0.25, 0.3) is 6.08 Å². The van der Waals surface area contributed by atoms with Crippen LogP contribution in [0.4, 0.5) is 0 Å². The van der Waals surface area contributed by atoms with E-state index in [-0.39, 0.29) is 0 Å². The average molecular weight is 246 g/mol. The molecule has 0 aromatic carbocycles. The maximum atomic E-state index is 4.20. The van der Waals surface area contributed by atoms with E-state index in [9.17, 15) is 0 Å². The molecule has 0 atom stereocenters. The second-order valence-corrected chi connectivity index (χ2v) is 4.40. The predicted molar refractivity (Wildman–Crippen MR) is 58.9 cm³/mol. The molecule has 66 valence electrons. The number of hydrogen-bond acceptors (Lipinski definition) is 2. The predicted octanol–water partition coefficient (Wildman–Crippen LogP) is 3.64. The summed E-state index contributed by atoms with van der Waals surface area (Å²) in [7, 11) is 0. The fourth-order valence-electron chi connectivity index (χ4n) is 0.881. The lowest BCUT2D eigenvalue weighted by Gasteiger charge is -1.95. The van der Waals surface area contributed by atoms with Gasteiger partial charge in [0.2, 0.25) is 0 Å².